The lowest BCUT2D eigenvalue weighted by atomic mass is 10.2. The second kappa shape index (κ2) is 5.62. The highest BCUT2D eigenvalue weighted by molar-refractivity contribution is 7.18. The molecule has 0 saturated heterocycles. The summed E-state index contributed by atoms with van der Waals surface area (Å²) in [6, 6.07) is 12.9. The van der Waals surface area contributed by atoms with Crippen LogP contribution in [0.2, 0.25) is 0 Å². The van der Waals surface area contributed by atoms with Gasteiger partial charge in [0.05, 0.1) is 0 Å². The lowest BCUT2D eigenvalue weighted by Gasteiger charge is -1.96. The van der Waals surface area contributed by atoms with E-state index in [2.05, 4.69) is 20.5 Å². The van der Waals surface area contributed by atoms with E-state index in [9.17, 15) is 4.79 Å². The molecule has 4 aromatic rings. The van der Waals surface area contributed by atoms with Crippen molar-refractivity contribution in [2.24, 2.45) is 0 Å². The molecule has 0 aliphatic rings. The van der Waals surface area contributed by atoms with Crippen molar-refractivity contribution >= 4 is 33.3 Å². The molecule has 112 valence electrons. The summed E-state index contributed by atoms with van der Waals surface area (Å²) in [5.41, 5.74) is 1.53. The van der Waals surface area contributed by atoms with Crippen LogP contribution in [-0.4, -0.2) is 21.1 Å². The Morgan fingerprint density at radius 1 is 1.13 bits per heavy atom. The third-order valence-corrected chi connectivity index (χ3v) is 4.09. The topological polar surface area (TPSA) is 80.9 Å². The fraction of sp³-hybridized carbons (Fsp3) is 0. The zero-order valence-electron chi connectivity index (χ0n) is 11.8. The van der Waals surface area contributed by atoms with E-state index >= 15 is 0 Å². The molecule has 0 unspecified atom stereocenters. The molecule has 1 N–H and O–H groups in total. The Balaban J connectivity index is 1.56. The van der Waals surface area contributed by atoms with Crippen molar-refractivity contribution in [2.75, 3.05) is 5.32 Å². The fourth-order valence-electron chi connectivity index (χ4n) is 2.13. The Morgan fingerprint density at radius 3 is 2.87 bits per heavy atom. The Kier molecular flexibility index (Phi) is 3.32. The van der Waals surface area contributed by atoms with Crippen LogP contribution in [0.4, 0.5) is 5.13 Å². The van der Waals surface area contributed by atoms with Crippen LogP contribution in [-0.2, 0) is 0 Å². The Hall–Kier alpha value is -3.06. The third-order valence-electron chi connectivity index (χ3n) is 3.20. The number of carbonyl (C=O) groups excluding carboxylic acids is 1. The summed E-state index contributed by atoms with van der Waals surface area (Å²) >= 11 is 1.28. The number of furan rings is 1. The normalized spacial score (nSPS) is 10.8. The quantitative estimate of drug-likeness (QED) is 0.623. The smallest absolute Gasteiger partial charge is 0.293 e. The molecule has 3 aromatic heterocycles. The molecular weight excluding hydrogens is 312 g/mol. The lowest BCUT2D eigenvalue weighted by molar-refractivity contribution is 0.0998. The van der Waals surface area contributed by atoms with Gasteiger partial charge in [0.15, 0.2) is 10.8 Å². The SMILES string of the molecule is O=C(Nc1nnc(-c2cccnc2)s1)c1cc2ccccc2o1. The molecule has 3 heterocycles. The molecule has 1 aromatic carbocycles. The third kappa shape index (κ3) is 2.69. The fourth-order valence-corrected chi connectivity index (χ4v) is 2.86. The summed E-state index contributed by atoms with van der Waals surface area (Å²) in [5, 5.41) is 12.7. The number of para-hydroxylation sites is 1. The predicted molar refractivity (Wildman–Crippen MR) is 87.3 cm³/mol. The maximum absolute atomic E-state index is 12.3. The van der Waals surface area contributed by atoms with Gasteiger partial charge < -0.3 is 4.42 Å². The molecule has 0 fully saturated rings. The second-order valence-corrected chi connectivity index (χ2v) is 5.73. The van der Waals surface area contributed by atoms with Gasteiger partial charge in [-0.2, -0.15) is 0 Å². The lowest BCUT2D eigenvalue weighted by Crippen LogP contribution is -2.10. The first kappa shape index (κ1) is 13.6. The van der Waals surface area contributed by atoms with Gasteiger partial charge in [0.2, 0.25) is 5.13 Å². The number of pyridine rings is 1. The maximum atomic E-state index is 12.3. The standard InChI is InChI=1S/C16H10N4O2S/c21-14(13-8-10-4-1-2-6-12(10)22-13)18-16-20-19-15(23-16)11-5-3-7-17-9-11/h1-9H,(H,18,20,21). The Morgan fingerprint density at radius 2 is 2.04 bits per heavy atom. The molecule has 4 rings (SSSR count). The monoisotopic (exact) mass is 322 g/mol. The number of aromatic nitrogens is 3. The van der Waals surface area contributed by atoms with Gasteiger partial charge in [-0.1, -0.05) is 29.5 Å². The van der Waals surface area contributed by atoms with Gasteiger partial charge in [0, 0.05) is 23.3 Å². The Bertz CT molecular complexity index is 945. The number of hydrogen-bond acceptors (Lipinski definition) is 6. The van der Waals surface area contributed by atoms with Gasteiger partial charge in [-0.15, -0.1) is 10.2 Å². The molecule has 7 heteroatoms. The molecule has 0 aliphatic carbocycles. The summed E-state index contributed by atoms with van der Waals surface area (Å²) in [6.45, 7) is 0. The first-order valence-corrected chi connectivity index (χ1v) is 7.65. The van der Waals surface area contributed by atoms with Crippen molar-refractivity contribution in [3.8, 4) is 10.6 Å². The number of benzene rings is 1. The summed E-state index contributed by atoms with van der Waals surface area (Å²) in [7, 11) is 0. The van der Waals surface area contributed by atoms with Crippen molar-refractivity contribution < 1.29 is 9.21 Å². The number of nitrogens with one attached hydrogen (secondary N) is 1. The average Bonchev–Trinajstić information content (AvgIpc) is 3.22. The molecule has 0 bridgehead atoms. The molecule has 0 spiro atoms. The zero-order valence-corrected chi connectivity index (χ0v) is 12.6. The van der Waals surface area contributed by atoms with E-state index in [1.54, 1.807) is 18.5 Å². The first-order chi connectivity index (χ1) is 11.3. The number of anilines is 1. The molecule has 23 heavy (non-hydrogen) atoms. The molecule has 1 amide bonds. The minimum absolute atomic E-state index is 0.240. The predicted octanol–water partition coefficient (Wildman–Crippen LogP) is 3.60. The number of nitrogens with zero attached hydrogens (tertiary/aromatic N) is 3. The van der Waals surface area contributed by atoms with Crippen LogP contribution in [0.25, 0.3) is 21.5 Å². The summed E-state index contributed by atoms with van der Waals surface area (Å²) in [6.07, 6.45) is 3.39. The molecule has 6 nitrogen and oxygen atoms in total. The molecule has 0 atom stereocenters. The molecule has 0 saturated carbocycles. The van der Waals surface area contributed by atoms with E-state index < -0.39 is 0 Å². The van der Waals surface area contributed by atoms with Gasteiger partial charge in [0.1, 0.15) is 5.58 Å². The summed E-state index contributed by atoms with van der Waals surface area (Å²) < 4.78 is 5.53. The van der Waals surface area contributed by atoms with Crippen molar-refractivity contribution in [3.63, 3.8) is 0 Å². The highest BCUT2D eigenvalue weighted by atomic mass is 32.1. The van der Waals surface area contributed by atoms with Crippen LogP contribution < -0.4 is 5.32 Å². The highest BCUT2D eigenvalue weighted by Gasteiger charge is 2.15. The van der Waals surface area contributed by atoms with Gasteiger partial charge in [-0.3, -0.25) is 15.1 Å². The van der Waals surface area contributed by atoms with E-state index in [4.69, 9.17) is 4.42 Å². The van der Waals surface area contributed by atoms with Crippen LogP contribution >= 0.6 is 11.3 Å². The highest BCUT2D eigenvalue weighted by Crippen LogP contribution is 2.26. The van der Waals surface area contributed by atoms with E-state index in [-0.39, 0.29) is 11.7 Å². The summed E-state index contributed by atoms with van der Waals surface area (Å²) in [4.78, 5) is 16.3. The first-order valence-electron chi connectivity index (χ1n) is 6.83. The van der Waals surface area contributed by atoms with Crippen molar-refractivity contribution in [3.05, 3.63) is 60.6 Å². The van der Waals surface area contributed by atoms with Crippen LogP contribution in [0.15, 0.2) is 59.3 Å². The van der Waals surface area contributed by atoms with E-state index in [0.717, 1.165) is 10.9 Å². The molecule has 0 radical (unpaired) electrons. The number of carbonyl (C=O) groups is 1. The van der Waals surface area contributed by atoms with Crippen molar-refractivity contribution in [1.29, 1.82) is 0 Å². The van der Waals surface area contributed by atoms with Crippen LogP contribution in [0, 0.1) is 0 Å². The van der Waals surface area contributed by atoms with Gasteiger partial charge in [-0.25, -0.2) is 0 Å². The molecule has 0 aliphatic heterocycles. The maximum Gasteiger partial charge on any atom is 0.293 e. The van der Waals surface area contributed by atoms with Crippen LogP contribution in [0.3, 0.4) is 0 Å². The minimum Gasteiger partial charge on any atom is -0.451 e. The van der Waals surface area contributed by atoms with Gasteiger partial charge >= 0.3 is 0 Å². The summed E-state index contributed by atoms with van der Waals surface area (Å²) in [5.74, 6) is -0.112. The second-order valence-electron chi connectivity index (χ2n) is 4.76. The van der Waals surface area contributed by atoms with Crippen molar-refractivity contribution in [1.82, 2.24) is 15.2 Å². The number of hydrogen-bond donors (Lipinski definition) is 1. The van der Waals surface area contributed by atoms with Gasteiger partial charge in [-0.05, 0) is 24.3 Å². The number of rotatable bonds is 3. The van der Waals surface area contributed by atoms with E-state index in [0.29, 0.717) is 15.7 Å². The largest absolute Gasteiger partial charge is 0.451 e. The van der Waals surface area contributed by atoms with Crippen LogP contribution in [0.1, 0.15) is 10.6 Å². The minimum atomic E-state index is -0.352. The van der Waals surface area contributed by atoms with E-state index in [1.165, 1.54) is 11.3 Å². The van der Waals surface area contributed by atoms with Crippen molar-refractivity contribution in [2.45, 2.75) is 0 Å². The van der Waals surface area contributed by atoms with Crippen LogP contribution in [0.5, 0.6) is 0 Å². The number of fused-ring (bicyclic) bond motifs is 1. The number of amides is 1. The zero-order chi connectivity index (χ0) is 15.6. The molecular formula is C16H10N4O2S. The van der Waals surface area contributed by atoms with Gasteiger partial charge in [0.25, 0.3) is 5.91 Å². The Labute approximate surface area is 134 Å². The average molecular weight is 322 g/mol. The van der Waals surface area contributed by atoms with E-state index in [1.807, 2.05) is 36.4 Å².